The molecule has 2 N–H and O–H groups in total. The molecule has 0 saturated heterocycles. The molecule has 1 rings (SSSR count). The van der Waals surface area contributed by atoms with Crippen molar-refractivity contribution >= 4 is 17.3 Å². The highest BCUT2D eigenvalue weighted by Crippen LogP contribution is 2.23. The molecule has 20 heavy (non-hydrogen) atoms. The minimum absolute atomic E-state index is 0.357. The van der Waals surface area contributed by atoms with Crippen LogP contribution in [0, 0.1) is 17.2 Å². The van der Waals surface area contributed by atoms with Gasteiger partial charge in [-0.15, -0.1) is 0 Å². The summed E-state index contributed by atoms with van der Waals surface area (Å²) in [4.78, 5) is 13.8. The molecular weight excluding hydrogens is 254 g/mol. The van der Waals surface area contributed by atoms with E-state index in [9.17, 15) is 4.79 Å². The lowest BCUT2D eigenvalue weighted by Crippen LogP contribution is -2.28. The molecule has 5 heteroatoms. The van der Waals surface area contributed by atoms with Crippen molar-refractivity contribution in [1.82, 2.24) is 0 Å². The molecule has 0 spiro atoms. The van der Waals surface area contributed by atoms with Gasteiger partial charge in [0.25, 0.3) is 0 Å². The highest BCUT2D eigenvalue weighted by molar-refractivity contribution is 5.96. The molecule has 0 bridgehead atoms. The second kappa shape index (κ2) is 7.39. The van der Waals surface area contributed by atoms with Gasteiger partial charge < -0.3 is 15.4 Å². The molecule has 0 saturated carbocycles. The molecule has 1 aromatic rings. The molecule has 0 radical (unpaired) electrons. The first kappa shape index (κ1) is 15.8. The molecular formula is C15H21N3O2. The third kappa shape index (κ3) is 4.16. The minimum atomic E-state index is -0.450. The van der Waals surface area contributed by atoms with Gasteiger partial charge in [0, 0.05) is 24.5 Å². The number of carbonyl (C=O) groups is 1. The number of anilines is 2. The maximum Gasteiger partial charge on any atom is 0.340 e. The highest BCUT2D eigenvalue weighted by atomic mass is 16.5. The van der Waals surface area contributed by atoms with E-state index >= 15 is 0 Å². The molecule has 0 aliphatic rings. The predicted octanol–water partition coefficient (Wildman–Crippen LogP) is 2.43. The number of hydrogen-bond donors (Lipinski definition) is 1. The van der Waals surface area contributed by atoms with Gasteiger partial charge in [-0.2, -0.15) is 5.26 Å². The Morgan fingerprint density at radius 1 is 1.50 bits per heavy atom. The fourth-order valence-electron chi connectivity index (χ4n) is 1.98. The van der Waals surface area contributed by atoms with Gasteiger partial charge in [-0.3, -0.25) is 0 Å². The molecule has 0 fully saturated rings. The first-order chi connectivity index (χ1) is 9.49. The maximum atomic E-state index is 11.7. The van der Waals surface area contributed by atoms with Crippen molar-refractivity contribution in [3.05, 3.63) is 23.8 Å². The van der Waals surface area contributed by atoms with E-state index in [2.05, 4.69) is 24.8 Å². The van der Waals surface area contributed by atoms with E-state index in [1.807, 2.05) is 6.07 Å². The Labute approximate surface area is 119 Å². The lowest BCUT2D eigenvalue weighted by Gasteiger charge is -2.26. The molecule has 0 aliphatic heterocycles. The van der Waals surface area contributed by atoms with E-state index in [1.165, 1.54) is 7.11 Å². The van der Waals surface area contributed by atoms with E-state index in [-0.39, 0.29) is 0 Å². The first-order valence-electron chi connectivity index (χ1n) is 6.59. The van der Waals surface area contributed by atoms with Crippen LogP contribution in [0.25, 0.3) is 0 Å². The number of nitrogens with zero attached hydrogens (tertiary/aromatic N) is 2. The van der Waals surface area contributed by atoms with E-state index < -0.39 is 5.97 Å². The standard InChI is InChI=1S/C15H21N3O2/c1-11(2)10-18(8-4-7-16)12-5-6-14(17)13(9-12)15(19)20-3/h5-6,9,11H,4,8,10,17H2,1-3H3. The Balaban J connectivity index is 3.07. The van der Waals surface area contributed by atoms with Crippen molar-refractivity contribution in [1.29, 1.82) is 5.26 Å². The second-order valence-electron chi connectivity index (χ2n) is 5.01. The molecule has 0 aliphatic carbocycles. The molecule has 108 valence electrons. The normalized spacial score (nSPS) is 10.2. The third-order valence-corrected chi connectivity index (χ3v) is 2.89. The summed E-state index contributed by atoms with van der Waals surface area (Å²) < 4.78 is 4.72. The smallest absolute Gasteiger partial charge is 0.340 e. The molecule has 5 nitrogen and oxygen atoms in total. The summed E-state index contributed by atoms with van der Waals surface area (Å²) in [5.41, 5.74) is 7.43. The fourth-order valence-corrected chi connectivity index (χ4v) is 1.98. The summed E-state index contributed by atoms with van der Waals surface area (Å²) in [6.07, 6.45) is 0.435. The van der Waals surface area contributed by atoms with E-state index in [4.69, 9.17) is 15.7 Å². The zero-order valence-electron chi connectivity index (χ0n) is 12.2. The lowest BCUT2D eigenvalue weighted by molar-refractivity contribution is 0.0602. The summed E-state index contributed by atoms with van der Waals surface area (Å²) in [5, 5.41) is 8.75. The van der Waals surface area contributed by atoms with Gasteiger partial charge in [-0.05, 0) is 24.1 Å². The van der Waals surface area contributed by atoms with Crippen LogP contribution in [0.1, 0.15) is 30.6 Å². The van der Waals surface area contributed by atoms with Gasteiger partial charge in [-0.25, -0.2) is 4.79 Å². The van der Waals surface area contributed by atoms with E-state index in [0.717, 1.165) is 12.2 Å². The van der Waals surface area contributed by atoms with Crippen LogP contribution in [-0.2, 0) is 4.74 Å². The van der Waals surface area contributed by atoms with Gasteiger partial charge in [0.2, 0.25) is 0 Å². The number of methoxy groups -OCH3 is 1. The average molecular weight is 275 g/mol. The van der Waals surface area contributed by atoms with Gasteiger partial charge in [-0.1, -0.05) is 13.8 Å². The number of benzene rings is 1. The van der Waals surface area contributed by atoms with Crippen LogP contribution in [0.15, 0.2) is 18.2 Å². The number of esters is 1. The summed E-state index contributed by atoms with van der Waals surface area (Å²) in [5.74, 6) is 0.00181. The Bertz CT molecular complexity index is 506. The largest absolute Gasteiger partial charge is 0.465 e. The molecule has 0 aromatic heterocycles. The van der Waals surface area contributed by atoms with Crippen molar-refractivity contribution in [2.45, 2.75) is 20.3 Å². The minimum Gasteiger partial charge on any atom is -0.465 e. The summed E-state index contributed by atoms with van der Waals surface area (Å²) in [7, 11) is 1.33. The number of nitriles is 1. The maximum absolute atomic E-state index is 11.7. The molecule has 1 aromatic carbocycles. The van der Waals surface area contributed by atoms with Gasteiger partial charge in [0.1, 0.15) is 0 Å². The molecule has 0 atom stereocenters. The fraction of sp³-hybridized carbons (Fsp3) is 0.467. The van der Waals surface area contributed by atoms with Crippen molar-refractivity contribution < 1.29 is 9.53 Å². The lowest BCUT2D eigenvalue weighted by atomic mass is 10.1. The van der Waals surface area contributed by atoms with Gasteiger partial charge in [0.15, 0.2) is 0 Å². The zero-order valence-corrected chi connectivity index (χ0v) is 12.2. The van der Waals surface area contributed by atoms with Crippen LogP contribution in [0.5, 0.6) is 0 Å². The number of ether oxygens (including phenoxy) is 1. The topological polar surface area (TPSA) is 79.3 Å². The second-order valence-corrected chi connectivity index (χ2v) is 5.01. The predicted molar refractivity (Wildman–Crippen MR) is 79.5 cm³/mol. The van der Waals surface area contributed by atoms with Crippen LogP contribution in [0.2, 0.25) is 0 Å². The Morgan fingerprint density at radius 2 is 2.20 bits per heavy atom. The zero-order chi connectivity index (χ0) is 15.1. The van der Waals surface area contributed by atoms with Crippen LogP contribution in [-0.4, -0.2) is 26.2 Å². The van der Waals surface area contributed by atoms with Gasteiger partial charge >= 0.3 is 5.97 Å². The van der Waals surface area contributed by atoms with E-state index in [0.29, 0.717) is 30.1 Å². The average Bonchev–Trinajstić information content (AvgIpc) is 2.43. The summed E-state index contributed by atoms with van der Waals surface area (Å²) >= 11 is 0. The first-order valence-corrected chi connectivity index (χ1v) is 6.59. The van der Waals surface area contributed by atoms with E-state index in [1.54, 1.807) is 12.1 Å². The van der Waals surface area contributed by atoms with Crippen LogP contribution in [0.4, 0.5) is 11.4 Å². The number of rotatable bonds is 6. The molecule has 0 amide bonds. The summed E-state index contributed by atoms with van der Waals surface area (Å²) in [6.45, 7) is 5.65. The number of nitrogen functional groups attached to an aromatic ring is 1. The van der Waals surface area contributed by atoms with Crippen molar-refractivity contribution in [2.24, 2.45) is 5.92 Å². The van der Waals surface area contributed by atoms with Crippen molar-refractivity contribution in [2.75, 3.05) is 30.8 Å². The number of carbonyl (C=O) groups excluding carboxylic acids is 1. The van der Waals surface area contributed by atoms with Crippen LogP contribution < -0.4 is 10.6 Å². The van der Waals surface area contributed by atoms with Crippen molar-refractivity contribution in [3.63, 3.8) is 0 Å². The SMILES string of the molecule is COC(=O)c1cc(N(CCC#N)CC(C)C)ccc1N. The number of nitrogens with two attached hydrogens (primary N) is 1. The highest BCUT2D eigenvalue weighted by Gasteiger charge is 2.14. The number of hydrogen-bond acceptors (Lipinski definition) is 5. The summed E-state index contributed by atoms with van der Waals surface area (Å²) in [6, 6.07) is 7.42. The Hall–Kier alpha value is -2.22. The Morgan fingerprint density at radius 3 is 2.75 bits per heavy atom. The van der Waals surface area contributed by atoms with Gasteiger partial charge in [0.05, 0.1) is 25.2 Å². The quantitative estimate of drug-likeness (QED) is 0.637. The van der Waals surface area contributed by atoms with Crippen molar-refractivity contribution in [3.8, 4) is 6.07 Å². The molecule has 0 heterocycles. The molecule has 0 unspecified atom stereocenters. The third-order valence-electron chi connectivity index (χ3n) is 2.89. The van der Waals surface area contributed by atoms with Crippen LogP contribution >= 0.6 is 0 Å². The Kier molecular flexibility index (Phi) is 5.85. The monoisotopic (exact) mass is 275 g/mol. The van der Waals surface area contributed by atoms with Crippen LogP contribution in [0.3, 0.4) is 0 Å².